The highest BCUT2D eigenvalue weighted by Crippen LogP contribution is 2.42. The molecule has 1 aromatic heterocycles. The summed E-state index contributed by atoms with van der Waals surface area (Å²) in [5, 5.41) is 0. The molecular formula is C9H12ClNO. The molecule has 1 aliphatic rings. The Morgan fingerprint density at radius 1 is 1.67 bits per heavy atom. The van der Waals surface area contributed by atoms with E-state index in [2.05, 4.69) is 11.9 Å². The first kappa shape index (κ1) is 8.11. The van der Waals surface area contributed by atoms with Crippen LogP contribution in [0.4, 0.5) is 0 Å². The fourth-order valence-corrected chi connectivity index (χ4v) is 1.69. The summed E-state index contributed by atoms with van der Waals surface area (Å²) in [4.78, 5) is 4.23. The summed E-state index contributed by atoms with van der Waals surface area (Å²) in [6, 6.07) is 0. The van der Waals surface area contributed by atoms with Gasteiger partial charge in [-0.25, -0.2) is 4.98 Å². The maximum absolute atomic E-state index is 5.62. The first-order chi connectivity index (χ1) is 5.74. The Morgan fingerprint density at radius 2 is 2.42 bits per heavy atom. The lowest BCUT2D eigenvalue weighted by Crippen LogP contribution is -2.30. The van der Waals surface area contributed by atoms with E-state index in [9.17, 15) is 0 Å². The zero-order chi connectivity index (χ0) is 8.60. The van der Waals surface area contributed by atoms with E-state index in [1.165, 1.54) is 19.3 Å². The Kier molecular flexibility index (Phi) is 1.87. The molecule has 1 heterocycles. The first-order valence-corrected chi connectivity index (χ1v) is 4.79. The Labute approximate surface area is 76.9 Å². The highest BCUT2D eigenvalue weighted by Gasteiger charge is 2.37. The standard InChI is InChI=1S/C9H12ClNO/c1-9(3-2-4-9)8-11-6-7(5-10)12-8/h6H,2-5H2,1H3. The lowest BCUT2D eigenvalue weighted by molar-refractivity contribution is 0.211. The van der Waals surface area contributed by atoms with Crippen molar-refractivity contribution in [2.24, 2.45) is 0 Å². The van der Waals surface area contributed by atoms with E-state index in [0.29, 0.717) is 5.88 Å². The van der Waals surface area contributed by atoms with Crippen LogP contribution in [0.15, 0.2) is 10.6 Å². The van der Waals surface area contributed by atoms with Gasteiger partial charge in [-0.15, -0.1) is 11.6 Å². The molecule has 2 nitrogen and oxygen atoms in total. The predicted molar refractivity (Wildman–Crippen MR) is 47.3 cm³/mol. The molecule has 0 atom stereocenters. The van der Waals surface area contributed by atoms with Crippen LogP contribution in [0.5, 0.6) is 0 Å². The number of halogens is 1. The summed E-state index contributed by atoms with van der Waals surface area (Å²) in [6.45, 7) is 2.19. The second kappa shape index (κ2) is 2.77. The van der Waals surface area contributed by atoms with E-state index in [4.69, 9.17) is 16.0 Å². The average molecular weight is 186 g/mol. The van der Waals surface area contributed by atoms with E-state index in [-0.39, 0.29) is 5.41 Å². The maximum atomic E-state index is 5.62. The van der Waals surface area contributed by atoms with Crippen molar-refractivity contribution in [1.29, 1.82) is 0 Å². The fraction of sp³-hybridized carbons (Fsp3) is 0.667. The number of alkyl halides is 1. The number of oxazole rings is 1. The van der Waals surface area contributed by atoms with Gasteiger partial charge in [-0.2, -0.15) is 0 Å². The quantitative estimate of drug-likeness (QED) is 0.663. The van der Waals surface area contributed by atoms with Crippen LogP contribution in [0.25, 0.3) is 0 Å². The lowest BCUT2D eigenvalue weighted by atomic mass is 9.70. The van der Waals surface area contributed by atoms with Crippen LogP contribution >= 0.6 is 11.6 Å². The van der Waals surface area contributed by atoms with Crippen LogP contribution in [0.2, 0.25) is 0 Å². The van der Waals surface area contributed by atoms with Crippen molar-refractivity contribution >= 4 is 11.6 Å². The highest BCUT2D eigenvalue weighted by molar-refractivity contribution is 6.16. The smallest absolute Gasteiger partial charge is 0.200 e. The number of hydrogen-bond donors (Lipinski definition) is 0. The molecule has 2 rings (SSSR count). The van der Waals surface area contributed by atoms with Gasteiger partial charge in [0.25, 0.3) is 0 Å². The van der Waals surface area contributed by atoms with Gasteiger partial charge in [-0.1, -0.05) is 13.3 Å². The highest BCUT2D eigenvalue weighted by atomic mass is 35.5. The first-order valence-electron chi connectivity index (χ1n) is 4.26. The summed E-state index contributed by atoms with van der Waals surface area (Å²) in [6.07, 6.45) is 5.39. The normalized spacial score (nSPS) is 20.5. The number of rotatable bonds is 2. The fourth-order valence-electron chi connectivity index (χ4n) is 1.57. The molecule has 1 aliphatic carbocycles. The van der Waals surface area contributed by atoms with Crippen molar-refractivity contribution in [3.63, 3.8) is 0 Å². The lowest BCUT2D eigenvalue weighted by Gasteiger charge is -2.34. The van der Waals surface area contributed by atoms with Gasteiger partial charge in [-0.3, -0.25) is 0 Å². The third kappa shape index (κ3) is 1.14. The summed E-state index contributed by atoms with van der Waals surface area (Å²) in [5.41, 5.74) is 0.199. The minimum Gasteiger partial charge on any atom is -0.444 e. The monoisotopic (exact) mass is 185 g/mol. The number of nitrogens with zero attached hydrogens (tertiary/aromatic N) is 1. The molecule has 1 saturated carbocycles. The Hall–Kier alpha value is -0.500. The van der Waals surface area contributed by atoms with Gasteiger partial charge >= 0.3 is 0 Å². The molecule has 0 N–H and O–H groups in total. The summed E-state index contributed by atoms with van der Waals surface area (Å²) in [7, 11) is 0. The molecule has 0 aromatic carbocycles. The molecule has 0 bridgehead atoms. The molecule has 0 unspecified atom stereocenters. The third-order valence-corrected chi connectivity index (χ3v) is 2.92. The van der Waals surface area contributed by atoms with Crippen LogP contribution in [-0.4, -0.2) is 4.98 Å². The minimum atomic E-state index is 0.199. The van der Waals surface area contributed by atoms with E-state index >= 15 is 0 Å². The molecule has 0 amide bonds. The second-order valence-corrected chi connectivity index (χ2v) is 3.95. The molecule has 0 spiro atoms. The van der Waals surface area contributed by atoms with Crippen molar-refractivity contribution in [1.82, 2.24) is 4.98 Å². The van der Waals surface area contributed by atoms with Gasteiger partial charge < -0.3 is 4.42 Å². The second-order valence-electron chi connectivity index (χ2n) is 3.68. The van der Waals surface area contributed by atoms with Crippen molar-refractivity contribution in [2.45, 2.75) is 37.5 Å². The molecule has 66 valence electrons. The Morgan fingerprint density at radius 3 is 2.83 bits per heavy atom. The molecule has 12 heavy (non-hydrogen) atoms. The number of aromatic nitrogens is 1. The van der Waals surface area contributed by atoms with Crippen LogP contribution < -0.4 is 0 Å². The van der Waals surface area contributed by atoms with E-state index in [0.717, 1.165) is 11.7 Å². The molecule has 0 radical (unpaired) electrons. The van der Waals surface area contributed by atoms with Gasteiger partial charge in [0.1, 0.15) is 5.76 Å². The van der Waals surface area contributed by atoms with Gasteiger partial charge in [-0.05, 0) is 12.8 Å². The van der Waals surface area contributed by atoms with Crippen LogP contribution in [0, 0.1) is 0 Å². The third-order valence-electron chi connectivity index (χ3n) is 2.66. The maximum Gasteiger partial charge on any atom is 0.200 e. The summed E-state index contributed by atoms with van der Waals surface area (Å²) >= 11 is 5.62. The summed E-state index contributed by atoms with van der Waals surface area (Å²) in [5.74, 6) is 2.06. The molecule has 0 saturated heterocycles. The summed E-state index contributed by atoms with van der Waals surface area (Å²) < 4.78 is 5.50. The van der Waals surface area contributed by atoms with Crippen molar-refractivity contribution < 1.29 is 4.42 Å². The van der Waals surface area contributed by atoms with Crippen molar-refractivity contribution in [3.05, 3.63) is 17.8 Å². The van der Waals surface area contributed by atoms with E-state index in [1.54, 1.807) is 6.20 Å². The zero-order valence-electron chi connectivity index (χ0n) is 7.14. The molecule has 1 fully saturated rings. The van der Waals surface area contributed by atoms with E-state index in [1.807, 2.05) is 0 Å². The SMILES string of the molecule is CC1(c2ncc(CCl)o2)CCC1. The van der Waals surface area contributed by atoms with Crippen LogP contribution in [-0.2, 0) is 11.3 Å². The van der Waals surface area contributed by atoms with Gasteiger partial charge in [0, 0.05) is 5.41 Å². The van der Waals surface area contributed by atoms with Crippen molar-refractivity contribution in [3.8, 4) is 0 Å². The molecule has 3 heteroatoms. The van der Waals surface area contributed by atoms with Gasteiger partial charge in [0.2, 0.25) is 0 Å². The number of hydrogen-bond acceptors (Lipinski definition) is 2. The molecular weight excluding hydrogens is 174 g/mol. The minimum absolute atomic E-state index is 0.199. The topological polar surface area (TPSA) is 26.0 Å². The Bertz CT molecular complexity index is 278. The van der Waals surface area contributed by atoms with Gasteiger partial charge in [0.05, 0.1) is 12.1 Å². The average Bonchev–Trinajstić information content (AvgIpc) is 2.48. The molecule has 0 aliphatic heterocycles. The largest absolute Gasteiger partial charge is 0.444 e. The molecule has 1 aromatic rings. The van der Waals surface area contributed by atoms with Gasteiger partial charge in [0.15, 0.2) is 5.89 Å². The predicted octanol–water partition coefficient (Wildman–Crippen LogP) is 2.86. The zero-order valence-corrected chi connectivity index (χ0v) is 7.90. The Balaban J connectivity index is 2.22. The van der Waals surface area contributed by atoms with Crippen LogP contribution in [0.3, 0.4) is 0 Å². The van der Waals surface area contributed by atoms with Crippen LogP contribution in [0.1, 0.15) is 37.8 Å². The van der Waals surface area contributed by atoms with Crippen molar-refractivity contribution in [2.75, 3.05) is 0 Å². The van der Waals surface area contributed by atoms with E-state index < -0.39 is 0 Å².